The van der Waals surface area contributed by atoms with Crippen LogP contribution in [0.15, 0.2) is 65.6 Å². The van der Waals surface area contributed by atoms with Crippen LogP contribution in [-0.4, -0.2) is 50.3 Å². The van der Waals surface area contributed by atoms with Crippen LogP contribution in [-0.2, 0) is 21.4 Å². The van der Waals surface area contributed by atoms with Crippen molar-refractivity contribution in [2.24, 2.45) is 0 Å². The van der Waals surface area contributed by atoms with Crippen molar-refractivity contribution in [3.8, 4) is 0 Å². The summed E-state index contributed by atoms with van der Waals surface area (Å²) >= 11 is 5.99. The van der Waals surface area contributed by atoms with Crippen molar-refractivity contribution in [1.82, 2.24) is 9.21 Å². The third kappa shape index (κ3) is 5.90. The largest absolute Gasteiger partial charge is 0.367 e. The molecule has 3 aromatic carbocycles. The van der Waals surface area contributed by atoms with Crippen molar-refractivity contribution >= 4 is 21.6 Å². The highest BCUT2D eigenvalue weighted by Crippen LogP contribution is 2.27. The number of ether oxygens (including phenoxy) is 1. The van der Waals surface area contributed by atoms with Gasteiger partial charge in [0.25, 0.3) is 0 Å². The molecule has 0 amide bonds. The van der Waals surface area contributed by atoms with E-state index in [-0.39, 0.29) is 38.3 Å². The molecule has 0 spiro atoms. The molecule has 192 valence electrons. The Morgan fingerprint density at radius 1 is 0.806 bits per heavy atom. The second-order valence-electron chi connectivity index (χ2n) is 8.31. The number of halogens is 5. The van der Waals surface area contributed by atoms with E-state index in [9.17, 15) is 26.0 Å². The van der Waals surface area contributed by atoms with Crippen LogP contribution >= 0.6 is 11.6 Å². The topological polar surface area (TPSA) is 49.9 Å². The molecule has 0 aliphatic carbocycles. The van der Waals surface area contributed by atoms with Gasteiger partial charge in [-0.3, -0.25) is 4.90 Å². The van der Waals surface area contributed by atoms with Gasteiger partial charge in [-0.1, -0.05) is 35.9 Å². The van der Waals surface area contributed by atoms with E-state index in [0.29, 0.717) is 11.6 Å². The Kier molecular flexibility index (Phi) is 8.31. The Balaban J connectivity index is 1.46. The van der Waals surface area contributed by atoms with E-state index in [1.54, 1.807) is 24.3 Å². The highest BCUT2D eigenvalue weighted by Gasteiger charge is 2.33. The van der Waals surface area contributed by atoms with Crippen LogP contribution in [0.3, 0.4) is 0 Å². The summed E-state index contributed by atoms with van der Waals surface area (Å²) in [5.74, 6) is -3.73. The molecule has 36 heavy (non-hydrogen) atoms. The minimum Gasteiger partial charge on any atom is -0.367 e. The first-order chi connectivity index (χ1) is 17.2. The lowest BCUT2D eigenvalue weighted by Gasteiger charge is -2.36. The van der Waals surface area contributed by atoms with Gasteiger partial charge in [0, 0.05) is 43.3 Å². The van der Waals surface area contributed by atoms with E-state index >= 15 is 0 Å². The van der Waals surface area contributed by atoms with Gasteiger partial charge in [-0.05, 0) is 42.0 Å². The van der Waals surface area contributed by atoms with Gasteiger partial charge in [0.2, 0.25) is 10.0 Å². The number of nitrogens with zero attached hydrogens (tertiary/aromatic N) is 2. The van der Waals surface area contributed by atoms with E-state index in [1.807, 2.05) is 4.90 Å². The molecule has 3 aromatic rings. The van der Waals surface area contributed by atoms with Crippen LogP contribution in [0.5, 0.6) is 0 Å². The van der Waals surface area contributed by atoms with E-state index in [2.05, 4.69) is 0 Å². The summed E-state index contributed by atoms with van der Waals surface area (Å²) in [5, 5.41) is 0.511. The maximum Gasteiger partial charge on any atom is 0.249 e. The predicted molar refractivity (Wildman–Crippen MR) is 127 cm³/mol. The van der Waals surface area contributed by atoms with E-state index in [1.165, 1.54) is 6.07 Å². The number of sulfonamides is 1. The summed E-state index contributed by atoms with van der Waals surface area (Å²) < 4.78 is 89.1. The maximum atomic E-state index is 14.1. The fraction of sp³-hybridized carbons (Fsp3) is 0.280. The van der Waals surface area contributed by atoms with E-state index in [0.717, 1.165) is 40.2 Å². The zero-order valence-electron chi connectivity index (χ0n) is 19.0. The van der Waals surface area contributed by atoms with Crippen LogP contribution in [0.4, 0.5) is 17.6 Å². The van der Waals surface area contributed by atoms with Crippen LogP contribution in [0.25, 0.3) is 0 Å². The second kappa shape index (κ2) is 11.3. The van der Waals surface area contributed by atoms with Crippen LogP contribution in [0.2, 0.25) is 5.02 Å². The lowest BCUT2D eigenvalue weighted by atomic mass is 10.1. The Morgan fingerprint density at radius 2 is 1.33 bits per heavy atom. The molecule has 1 aliphatic rings. The first kappa shape index (κ1) is 26.6. The monoisotopic (exact) mass is 542 g/mol. The summed E-state index contributed by atoms with van der Waals surface area (Å²) in [5.41, 5.74) is 0.527. The molecule has 0 saturated carbocycles. The Labute approximate surface area is 211 Å². The molecule has 1 saturated heterocycles. The second-order valence-corrected chi connectivity index (χ2v) is 10.6. The van der Waals surface area contributed by atoms with Gasteiger partial charge >= 0.3 is 0 Å². The molecular weight excluding hydrogens is 520 g/mol. The molecule has 0 aromatic heterocycles. The van der Waals surface area contributed by atoms with Gasteiger partial charge in [0.15, 0.2) is 4.90 Å². The van der Waals surface area contributed by atoms with E-state index in [4.69, 9.17) is 16.3 Å². The van der Waals surface area contributed by atoms with Crippen molar-refractivity contribution in [2.45, 2.75) is 17.6 Å². The summed E-state index contributed by atoms with van der Waals surface area (Å²) in [6, 6.07) is 13.3. The summed E-state index contributed by atoms with van der Waals surface area (Å²) in [7, 11) is -4.36. The molecule has 1 fully saturated rings. The number of hydrogen-bond donors (Lipinski definition) is 0. The van der Waals surface area contributed by atoms with Crippen molar-refractivity contribution in [2.75, 3.05) is 32.7 Å². The first-order valence-electron chi connectivity index (χ1n) is 11.1. The van der Waals surface area contributed by atoms with Gasteiger partial charge in [-0.15, -0.1) is 0 Å². The van der Waals surface area contributed by atoms with Crippen molar-refractivity contribution < 1.29 is 30.7 Å². The SMILES string of the molecule is O=S(=O)(c1c(F)cccc1F)N1CCN(C[C@H](OCc2c(F)cccc2F)c2ccc(Cl)cc2)CC1. The smallest absolute Gasteiger partial charge is 0.249 e. The standard InChI is InChI=1S/C25H23ClF4N2O3S/c26-18-9-7-17(8-10-18)24(35-16-19-20(27)3-1-4-21(19)28)15-31-11-13-32(14-12-31)36(33,34)25-22(29)5-2-6-23(25)30/h1-10,24H,11-16H2/t24-/m0/s1. The number of piperazine rings is 1. The highest BCUT2D eigenvalue weighted by atomic mass is 35.5. The van der Waals surface area contributed by atoms with Gasteiger partial charge in [0.1, 0.15) is 23.3 Å². The molecule has 0 radical (unpaired) electrons. The Bertz CT molecular complexity index is 1280. The fourth-order valence-corrected chi connectivity index (χ4v) is 5.69. The summed E-state index contributed by atoms with van der Waals surface area (Å²) in [4.78, 5) is 0.952. The molecule has 1 atom stereocenters. The predicted octanol–water partition coefficient (Wildman–Crippen LogP) is 5.16. The molecular formula is C25H23ClF4N2O3S. The zero-order chi connectivity index (χ0) is 25.9. The molecule has 0 unspecified atom stereocenters. The molecule has 11 heteroatoms. The van der Waals surface area contributed by atoms with Crippen LogP contribution < -0.4 is 0 Å². The third-order valence-electron chi connectivity index (χ3n) is 6.00. The van der Waals surface area contributed by atoms with Gasteiger partial charge < -0.3 is 4.74 Å². The van der Waals surface area contributed by atoms with Crippen LogP contribution in [0.1, 0.15) is 17.2 Å². The third-order valence-corrected chi connectivity index (χ3v) is 8.21. The average Bonchev–Trinajstić information content (AvgIpc) is 2.83. The van der Waals surface area contributed by atoms with Crippen molar-refractivity contribution in [1.29, 1.82) is 0 Å². The molecule has 5 nitrogen and oxygen atoms in total. The first-order valence-corrected chi connectivity index (χ1v) is 12.9. The molecule has 4 rings (SSSR count). The number of hydrogen-bond acceptors (Lipinski definition) is 4. The molecule has 0 N–H and O–H groups in total. The average molecular weight is 543 g/mol. The lowest BCUT2D eigenvalue weighted by Crippen LogP contribution is -2.49. The maximum absolute atomic E-state index is 14.1. The van der Waals surface area contributed by atoms with Crippen molar-refractivity contribution in [3.63, 3.8) is 0 Å². The Hall–Kier alpha value is -2.50. The molecule has 1 heterocycles. The summed E-state index contributed by atoms with van der Waals surface area (Å²) in [6.07, 6.45) is -0.603. The quantitative estimate of drug-likeness (QED) is 0.369. The minimum atomic E-state index is -4.36. The van der Waals surface area contributed by atoms with Gasteiger partial charge in [-0.2, -0.15) is 4.31 Å². The van der Waals surface area contributed by atoms with Crippen LogP contribution in [0, 0.1) is 23.3 Å². The zero-order valence-corrected chi connectivity index (χ0v) is 20.6. The molecule has 1 aliphatic heterocycles. The van der Waals surface area contributed by atoms with Gasteiger partial charge in [-0.25, -0.2) is 26.0 Å². The fourth-order valence-electron chi connectivity index (χ4n) is 4.03. The highest BCUT2D eigenvalue weighted by molar-refractivity contribution is 7.89. The summed E-state index contributed by atoms with van der Waals surface area (Å²) in [6.45, 7) is 0.511. The number of benzene rings is 3. The van der Waals surface area contributed by atoms with Crippen molar-refractivity contribution in [3.05, 3.63) is 100 Å². The normalized spacial score (nSPS) is 16.2. The van der Waals surface area contributed by atoms with Gasteiger partial charge in [0.05, 0.1) is 12.7 Å². The molecule has 0 bridgehead atoms. The minimum absolute atomic E-state index is 0.00534. The number of rotatable bonds is 8. The Morgan fingerprint density at radius 3 is 1.89 bits per heavy atom. The lowest BCUT2D eigenvalue weighted by molar-refractivity contribution is 0.00545. The van der Waals surface area contributed by atoms with E-state index < -0.39 is 44.3 Å².